The number of nitrogens with one attached hydrogen (secondary N) is 1. The maximum absolute atomic E-state index is 11.3. The molecule has 1 aliphatic rings. The summed E-state index contributed by atoms with van der Waals surface area (Å²) in [5.74, 6) is 0.606. The molecule has 0 aromatic heterocycles. The molecule has 1 atom stereocenters. The number of carbonyl (C=O) groups is 1. The van der Waals surface area contributed by atoms with Crippen molar-refractivity contribution in [2.75, 3.05) is 0 Å². The first kappa shape index (κ1) is 8.57. The fraction of sp³-hybridized carbons (Fsp3) is 0.889. The highest BCUT2D eigenvalue weighted by molar-refractivity contribution is 5.79. The minimum Gasteiger partial charge on any atom is -0.353 e. The molecular formula is C9H17NO. The van der Waals surface area contributed by atoms with Crippen molar-refractivity contribution >= 4 is 5.91 Å². The van der Waals surface area contributed by atoms with Crippen LogP contribution >= 0.6 is 0 Å². The highest BCUT2D eigenvalue weighted by atomic mass is 16.1. The Kier molecular flexibility index (Phi) is 2.92. The maximum Gasteiger partial charge on any atom is 0.223 e. The zero-order chi connectivity index (χ0) is 8.27. The van der Waals surface area contributed by atoms with Crippen LogP contribution in [0.5, 0.6) is 0 Å². The molecule has 11 heavy (non-hydrogen) atoms. The van der Waals surface area contributed by atoms with E-state index >= 15 is 0 Å². The van der Waals surface area contributed by atoms with Gasteiger partial charge in [-0.2, -0.15) is 0 Å². The van der Waals surface area contributed by atoms with Crippen molar-refractivity contribution in [1.82, 2.24) is 5.32 Å². The van der Waals surface area contributed by atoms with Crippen molar-refractivity contribution in [3.8, 4) is 0 Å². The molecule has 2 heteroatoms. The third-order valence-corrected chi connectivity index (χ3v) is 2.48. The third-order valence-electron chi connectivity index (χ3n) is 2.48. The molecule has 0 aromatic rings. The fourth-order valence-corrected chi connectivity index (χ4v) is 1.13. The average Bonchev–Trinajstić information content (AvgIpc) is 1.83. The van der Waals surface area contributed by atoms with Crippen LogP contribution in [0.4, 0.5) is 0 Å². The van der Waals surface area contributed by atoms with Gasteiger partial charge in [-0.3, -0.25) is 4.79 Å². The normalized spacial score (nSPS) is 20.5. The first-order valence-electron chi connectivity index (χ1n) is 4.54. The van der Waals surface area contributed by atoms with Gasteiger partial charge in [0.2, 0.25) is 5.91 Å². The lowest BCUT2D eigenvalue weighted by atomic mass is 9.84. The molecule has 1 saturated carbocycles. The molecular weight excluding hydrogens is 138 g/mol. The van der Waals surface area contributed by atoms with Crippen molar-refractivity contribution in [2.24, 2.45) is 5.92 Å². The van der Waals surface area contributed by atoms with Gasteiger partial charge in [0.05, 0.1) is 0 Å². The summed E-state index contributed by atoms with van der Waals surface area (Å²) in [6, 6.07) is 0.350. The summed E-state index contributed by atoms with van der Waals surface area (Å²) in [5.41, 5.74) is 0. The second kappa shape index (κ2) is 3.74. The average molecular weight is 155 g/mol. The van der Waals surface area contributed by atoms with Crippen molar-refractivity contribution < 1.29 is 4.79 Å². The molecule has 64 valence electrons. The van der Waals surface area contributed by atoms with E-state index in [9.17, 15) is 4.79 Å². The molecule has 0 bridgehead atoms. The van der Waals surface area contributed by atoms with Gasteiger partial charge in [-0.25, -0.2) is 0 Å². The van der Waals surface area contributed by atoms with Gasteiger partial charge in [0.1, 0.15) is 0 Å². The number of hydrogen-bond acceptors (Lipinski definition) is 1. The lowest BCUT2D eigenvalue weighted by Crippen LogP contribution is -2.39. The van der Waals surface area contributed by atoms with Crippen LogP contribution in [0.15, 0.2) is 0 Å². The van der Waals surface area contributed by atoms with E-state index in [0.717, 1.165) is 19.3 Å². The molecule has 1 unspecified atom stereocenters. The first-order chi connectivity index (χ1) is 5.24. The van der Waals surface area contributed by atoms with E-state index in [4.69, 9.17) is 0 Å². The van der Waals surface area contributed by atoms with Gasteiger partial charge >= 0.3 is 0 Å². The van der Waals surface area contributed by atoms with Gasteiger partial charge in [-0.05, 0) is 26.2 Å². The molecule has 1 fully saturated rings. The van der Waals surface area contributed by atoms with E-state index < -0.39 is 0 Å². The standard InChI is InChI=1S/C9H17NO/c1-3-7(2)10-9(11)8-5-4-6-8/h7-8H,3-6H2,1-2H3,(H,10,11). The van der Waals surface area contributed by atoms with E-state index in [1.165, 1.54) is 6.42 Å². The predicted molar refractivity (Wildman–Crippen MR) is 45.2 cm³/mol. The lowest BCUT2D eigenvalue weighted by molar-refractivity contribution is -0.128. The van der Waals surface area contributed by atoms with E-state index in [1.54, 1.807) is 0 Å². The molecule has 0 aromatic carbocycles. The van der Waals surface area contributed by atoms with Gasteiger partial charge < -0.3 is 5.32 Å². The summed E-state index contributed by atoms with van der Waals surface area (Å²) < 4.78 is 0. The van der Waals surface area contributed by atoms with Crippen molar-refractivity contribution in [3.05, 3.63) is 0 Å². The summed E-state index contributed by atoms with van der Waals surface area (Å²) in [6.45, 7) is 4.14. The Hall–Kier alpha value is -0.530. The minimum absolute atomic E-state index is 0.269. The molecule has 0 spiro atoms. The minimum atomic E-state index is 0.269. The SMILES string of the molecule is CCC(C)NC(=O)C1CCC1. The zero-order valence-electron chi connectivity index (χ0n) is 7.39. The van der Waals surface area contributed by atoms with E-state index in [0.29, 0.717) is 12.0 Å². The molecule has 1 rings (SSSR count). The van der Waals surface area contributed by atoms with Crippen LogP contribution in [0.2, 0.25) is 0 Å². The van der Waals surface area contributed by atoms with Gasteiger partial charge in [-0.1, -0.05) is 13.3 Å². The maximum atomic E-state index is 11.3. The smallest absolute Gasteiger partial charge is 0.223 e. The lowest BCUT2D eigenvalue weighted by Gasteiger charge is -2.25. The van der Waals surface area contributed by atoms with Gasteiger partial charge in [0, 0.05) is 12.0 Å². The Balaban J connectivity index is 2.19. The molecule has 0 heterocycles. The summed E-state index contributed by atoms with van der Waals surface area (Å²) in [7, 11) is 0. The van der Waals surface area contributed by atoms with E-state index in [1.807, 2.05) is 0 Å². The molecule has 0 aliphatic heterocycles. The van der Waals surface area contributed by atoms with Crippen molar-refractivity contribution in [1.29, 1.82) is 0 Å². The highest BCUT2D eigenvalue weighted by Gasteiger charge is 2.25. The van der Waals surface area contributed by atoms with Crippen LogP contribution in [0.1, 0.15) is 39.5 Å². The fourth-order valence-electron chi connectivity index (χ4n) is 1.13. The summed E-state index contributed by atoms with van der Waals surface area (Å²) in [5, 5.41) is 2.99. The predicted octanol–water partition coefficient (Wildman–Crippen LogP) is 1.70. The second-order valence-electron chi connectivity index (χ2n) is 3.45. The summed E-state index contributed by atoms with van der Waals surface area (Å²) >= 11 is 0. The van der Waals surface area contributed by atoms with Gasteiger partial charge in [0.15, 0.2) is 0 Å². The molecule has 1 aliphatic carbocycles. The van der Waals surface area contributed by atoms with Crippen LogP contribution in [0.3, 0.4) is 0 Å². The Morgan fingerprint density at radius 2 is 2.27 bits per heavy atom. The van der Waals surface area contributed by atoms with Crippen LogP contribution in [0.25, 0.3) is 0 Å². The number of hydrogen-bond donors (Lipinski definition) is 1. The Bertz CT molecular complexity index is 140. The van der Waals surface area contributed by atoms with Crippen molar-refractivity contribution in [3.63, 3.8) is 0 Å². The number of rotatable bonds is 3. The first-order valence-corrected chi connectivity index (χ1v) is 4.54. The largest absolute Gasteiger partial charge is 0.353 e. The summed E-state index contributed by atoms with van der Waals surface area (Å²) in [6.07, 6.45) is 4.46. The summed E-state index contributed by atoms with van der Waals surface area (Å²) in [4.78, 5) is 11.3. The van der Waals surface area contributed by atoms with E-state index in [2.05, 4.69) is 19.2 Å². The zero-order valence-corrected chi connectivity index (χ0v) is 7.39. The van der Waals surface area contributed by atoms with Crippen LogP contribution in [-0.2, 0) is 4.79 Å². The monoisotopic (exact) mass is 155 g/mol. The third kappa shape index (κ3) is 2.21. The Morgan fingerprint density at radius 1 is 1.64 bits per heavy atom. The molecule has 2 nitrogen and oxygen atoms in total. The Morgan fingerprint density at radius 3 is 2.64 bits per heavy atom. The molecule has 0 radical (unpaired) electrons. The van der Waals surface area contributed by atoms with E-state index in [-0.39, 0.29) is 5.91 Å². The van der Waals surface area contributed by atoms with Crippen LogP contribution < -0.4 is 5.32 Å². The van der Waals surface area contributed by atoms with Crippen molar-refractivity contribution in [2.45, 2.75) is 45.6 Å². The van der Waals surface area contributed by atoms with Gasteiger partial charge in [-0.15, -0.1) is 0 Å². The Labute approximate surface area is 68.4 Å². The van der Waals surface area contributed by atoms with Crippen LogP contribution in [0, 0.1) is 5.92 Å². The topological polar surface area (TPSA) is 29.1 Å². The molecule has 0 saturated heterocycles. The quantitative estimate of drug-likeness (QED) is 0.660. The number of amides is 1. The highest BCUT2D eigenvalue weighted by Crippen LogP contribution is 2.26. The number of carbonyl (C=O) groups excluding carboxylic acids is 1. The molecule has 1 amide bonds. The second-order valence-corrected chi connectivity index (χ2v) is 3.45. The molecule has 1 N–H and O–H groups in total. The van der Waals surface area contributed by atoms with Gasteiger partial charge in [0.25, 0.3) is 0 Å². The van der Waals surface area contributed by atoms with Crippen LogP contribution in [-0.4, -0.2) is 11.9 Å².